The molecule has 0 heterocycles. The fourth-order valence-corrected chi connectivity index (χ4v) is 2.56. The molecule has 0 spiro atoms. The van der Waals surface area contributed by atoms with Crippen molar-refractivity contribution in [3.63, 3.8) is 0 Å². The highest BCUT2D eigenvalue weighted by molar-refractivity contribution is 6.35. The highest BCUT2D eigenvalue weighted by Crippen LogP contribution is 2.22. The Morgan fingerprint density at radius 1 is 1.00 bits per heavy atom. The molecule has 0 saturated heterocycles. The third-order valence-electron chi connectivity index (χ3n) is 3.42. The van der Waals surface area contributed by atoms with Crippen LogP contribution < -0.4 is 22.5 Å². The first kappa shape index (κ1) is 21.1. The van der Waals surface area contributed by atoms with Gasteiger partial charge >= 0.3 is 0 Å². The molecule has 2 aromatic rings. The number of nitrogens with one attached hydrogen (secondary N) is 1. The largest absolute Gasteiger partial charge is 1.00 e. The Hall–Kier alpha value is -0.970. The second-order valence-electron chi connectivity index (χ2n) is 5.28. The molecule has 0 aliphatic carbocycles. The van der Waals surface area contributed by atoms with Crippen LogP contribution >= 0.6 is 23.2 Å². The maximum atomic E-state index is 8.72. The lowest BCUT2D eigenvalue weighted by atomic mass is 10.2. The van der Waals surface area contributed by atoms with Gasteiger partial charge in [-0.15, -0.1) is 0 Å². The molecule has 0 radical (unpaired) electrons. The number of hydrogen-bond donors (Lipinski definition) is 2. The van der Waals surface area contributed by atoms with Crippen LogP contribution in [0.25, 0.3) is 0 Å². The molecule has 0 fully saturated rings. The molecule has 0 aliphatic rings. The van der Waals surface area contributed by atoms with Gasteiger partial charge < -0.3 is 27.6 Å². The summed E-state index contributed by atoms with van der Waals surface area (Å²) < 4.78 is 5.75. The Kier molecular flexibility index (Phi) is 10.2. The summed E-state index contributed by atoms with van der Waals surface area (Å²) in [5.74, 6) is 0.806. The molecule has 0 saturated carbocycles. The third-order valence-corrected chi connectivity index (χ3v) is 4.01. The van der Waals surface area contributed by atoms with Crippen LogP contribution in [0.5, 0.6) is 5.75 Å². The van der Waals surface area contributed by atoms with Gasteiger partial charge in [-0.2, -0.15) is 0 Å². The molecule has 132 valence electrons. The molecule has 0 amide bonds. The number of ether oxygens (including phenoxy) is 1. The second kappa shape index (κ2) is 11.6. The third kappa shape index (κ3) is 7.29. The minimum Gasteiger partial charge on any atom is -1.00 e. The number of aliphatic hydroxyl groups excluding tert-OH is 1. The average Bonchev–Trinajstić information content (AvgIpc) is 2.55. The SMILES string of the molecule is OCCCCNCc1ccc(OCc2ccc(Cl)cc2Cl)cc1.[Cl-]. The first-order valence-electron chi connectivity index (χ1n) is 7.66. The van der Waals surface area contributed by atoms with Crippen molar-refractivity contribution in [3.05, 3.63) is 63.6 Å². The van der Waals surface area contributed by atoms with Crippen LogP contribution in [0.1, 0.15) is 24.0 Å². The molecular formula is C18H21Cl3NO2-. The Morgan fingerprint density at radius 2 is 1.75 bits per heavy atom. The summed E-state index contributed by atoms with van der Waals surface area (Å²) in [7, 11) is 0. The van der Waals surface area contributed by atoms with Gasteiger partial charge in [0.05, 0.1) is 0 Å². The zero-order valence-electron chi connectivity index (χ0n) is 13.3. The second-order valence-corrected chi connectivity index (χ2v) is 6.12. The van der Waals surface area contributed by atoms with Crippen LogP contribution in [0.15, 0.2) is 42.5 Å². The number of unbranched alkanes of at least 4 members (excludes halogenated alkanes) is 1. The number of rotatable bonds is 9. The van der Waals surface area contributed by atoms with Crippen molar-refractivity contribution in [3.8, 4) is 5.75 Å². The van der Waals surface area contributed by atoms with Crippen molar-refractivity contribution >= 4 is 23.2 Å². The molecule has 24 heavy (non-hydrogen) atoms. The topological polar surface area (TPSA) is 41.5 Å². The van der Waals surface area contributed by atoms with E-state index in [9.17, 15) is 0 Å². The van der Waals surface area contributed by atoms with Gasteiger partial charge in [0, 0.05) is 28.8 Å². The summed E-state index contributed by atoms with van der Waals surface area (Å²) in [6.45, 7) is 2.39. The van der Waals surface area contributed by atoms with E-state index in [1.165, 1.54) is 5.56 Å². The monoisotopic (exact) mass is 388 g/mol. The molecular weight excluding hydrogens is 369 g/mol. The first-order valence-corrected chi connectivity index (χ1v) is 8.42. The normalized spacial score (nSPS) is 10.3. The van der Waals surface area contributed by atoms with Crippen LogP contribution in [-0.2, 0) is 13.2 Å². The van der Waals surface area contributed by atoms with Gasteiger partial charge in [-0.25, -0.2) is 0 Å². The van der Waals surface area contributed by atoms with E-state index >= 15 is 0 Å². The predicted octanol–water partition coefficient (Wildman–Crippen LogP) is 1.44. The van der Waals surface area contributed by atoms with Gasteiger partial charge in [-0.3, -0.25) is 0 Å². The maximum Gasteiger partial charge on any atom is 0.119 e. The molecule has 6 heteroatoms. The average molecular weight is 390 g/mol. The zero-order chi connectivity index (χ0) is 16.5. The highest BCUT2D eigenvalue weighted by atomic mass is 35.5. The van der Waals surface area contributed by atoms with Gasteiger partial charge in [-0.1, -0.05) is 41.4 Å². The highest BCUT2D eigenvalue weighted by Gasteiger charge is 2.03. The lowest BCUT2D eigenvalue weighted by molar-refractivity contribution is -0.00000602. The fraction of sp³-hybridized carbons (Fsp3) is 0.333. The molecule has 2 aromatic carbocycles. The van der Waals surface area contributed by atoms with Crippen LogP contribution in [-0.4, -0.2) is 18.3 Å². The van der Waals surface area contributed by atoms with Crippen molar-refractivity contribution in [2.75, 3.05) is 13.2 Å². The van der Waals surface area contributed by atoms with Gasteiger partial charge in [0.15, 0.2) is 0 Å². The van der Waals surface area contributed by atoms with E-state index in [1.807, 2.05) is 30.3 Å². The van der Waals surface area contributed by atoms with Crippen molar-refractivity contribution in [1.29, 1.82) is 0 Å². The van der Waals surface area contributed by atoms with Crippen molar-refractivity contribution < 1.29 is 22.3 Å². The predicted molar refractivity (Wildman–Crippen MR) is 95.3 cm³/mol. The summed E-state index contributed by atoms with van der Waals surface area (Å²) >= 11 is 12.0. The summed E-state index contributed by atoms with van der Waals surface area (Å²) in [6.07, 6.45) is 1.83. The number of halogens is 3. The summed E-state index contributed by atoms with van der Waals surface area (Å²) in [5, 5.41) is 13.3. The van der Waals surface area contributed by atoms with E-state index in [-0.39, 0.29) is 19.0 Å². The molecule has 0 atom stereocenters. The number of aliphatic hydroxyl groups is 1. The van der Waals surface area contributed by atoms with Gasteiger partial charge in [0.2, 0.25) is 0 Å². The minimum atomic E-state index is 0. The van der Waals surface area contributed by atoms with Crippen LogP contribution in [0.4, 0.5) is 0 Å². The van der Waals surface area contributed by atoms with Crippen molar-refractivity contribution in [1.82, 2.24) is 5.32 Å². The lowest BCUT2D eigenvalue weighted by Gasteiger charge is -2.09. The standard InChI is InChI=1S/C18H21Cl2NO2.ClH/c19-16-6-5-15(18(20)11-16)13-23-17-7-3-14(4-8-17)12-21-9-1-2-10-22;/h3-8,11,21-22H,1-2,9-10,12-13H2;1H/p-1. The molecule has 2 N–H and O–H groups in total. The van der Waals surface area contributed by atoms with Crippen molar-refractivity contribution in [2.45, 2.75) is 26.0 Å². The Bertz CT molecular complexity index is 606. The lowest BCUT2D eigenvalue weighted by Crippen LogP contribution is -3.00. The van der Waals surface area contributed by atoms with E-state index in [1.54, 1.807) is 12.1 Å². The molecule has 0 aliphatic heterocycles. The molecule has 2 rings (SSSR count). The molecule has 0 unspecified atom stereocenters. The van der Waals surface area contributed by atoms with Gasteiger partial charge in [0.25, 0.3) is 0 Å². The number of benzene rings is 2. The van der Waals surface area contributed by atoms with Gasteiger partial charge in [-0.05, 0) is 49.2 Å². The van der Waals surface area contributed by atoms with E-state index < -0.39 is 0 Å². The minimum absolute atomic E-state index is 0. The van der Waals surface area contributed by atoms with Crippen LogP contribution in [0.2, 0.25) is 10.0 Å². The fourth-order valence-electron chi connectivity index (χ4n) is 2.10. The Morgan fingerprint density at radius 3 is 2.42 bits per heavy atom. The van der Waals surface area contributed by atoms with E-state index in [0.29, 0.717) is 16.7 Å². The molecule has 0 bridgehead atoms. The maximum absolute atomic E-state index is 8.72. The smallest absolute Gasteiger partial charge is 0.119 e. The summed E-state index contributed by atoms with van der Waals surface area (Å²) in [5.41, 5.74) is 2.11. The van der Waals surface area contributed by atoms with Gasteiger partial charge in [0.1, 0.15) is 12.4 Å². The van der Waals surface area contributed by atoms with E-state index in [0.717, 1.165) is 37.2 Å². The summed E-state index contributed by atoms with van der Waals surface area (Å²) in [6, 6.07) is 13.4. The van der Waals surface area contributed by atoms with Crippen LogP contribution in [0, 0.1) is 0 Å². The quantitative estimate of drug-likeness (QED) is 0.638. The van der Waals surface area contributed by atoms with Crippen molar-refractivity contribution in [2.24, 2.45) is 0 Å². The van der Waals surface area contributed by atoms with E-state index in [4.69, 9.17) is 33.0 Å². The first-order chi connectivity index (χ1) is 11.2. The zero-order valence-corrected chi connectivity index (χ0v) is 15.5. The Labute approximate surface area is 159 Å². The number of hydrogen-bond acceptors (Lipinski definition) is 3. The molecule has 3 nitrogen and oxygen atoms in total. The molecule has 0 aromatic heterocycles. The van der Waals surface area contributed by atoms with Crippen LogP contribution in [0.3, 0.4) is 0 Å². The Balaban J connectivity index is 0.00000288. The summed E-state index contributed by atoms with van der Waals surface area (Å²) in [4.78, 5) is 0. The van der Waals surface area contributed by atoms with E-state index in [2.05, 4.69) is 5.32 Å².